The summed E-state index contributed by atoms with van der Waals surface area (Å²) in [6.07, 6.45) is -0.0210. The van der Waals surface area contributed by atoms with Crippen molar-refractivity contribution in [1.29, 1.82) is 0 Å². The predicted molar refractivity (Wildman–Crippen MR) is 112 cm³/mol. The molecule has 0 saturated heterocycles. The van der Waals surface area contributed by atoms with Crippen molar-refractivity contribution in [3.63, 3.8) is 0 Å². The molecule has 1 unspecified atom stereocenters. The van der Waals surface area contributed by atoms with E-state index < -0.39 is 30.4 Å². The summed E-state index contributed by atoms with van der Waals surface area (Å²) in [7, 11) is 0. The van der Waals surface area contributed by atoms with Crippen LogP contribution in [0.3, 0.4) is 0 Å². The van der Waals surface area contributed by atoms with Crippen LogP contribution in [-0.2, 0) is 20.8 Å². The molecule has 1 amide bonds. The Hall–Kier alpha value is -4.11. The number of nitrogens with zero attached hydrogens (tertiary/aromatic N) is 1. The molecule has 6 nitrogen and oxygen atoms in total. The van der Waals surface area contributed by atoms with Crippen LogP contribution >= 0.6 is 0 Å². The Morgan fingerprint density at radius 2 is 1.53 bits per heavy atom. The minimum atomic E-state index is -1.35. The Labute approximate surface area is 173 Å². The fourth-order valence-electron chi connectivity index (χ4n) is 3.10. The molecule has 3 aromatic carbocycles. The maximum absolute atomic E-state index is 12.7. The van der Waals surface area contributed by atoms with Gasteiger partial charge in [-0.25, -0.2) is 4.79 Å². The Morgan fingerprint density at radius 3 is 2.20 bits per heavy atom. The van der Waals surface area contributed by atoms with Gasteiger partial charge in [0.1, 0.15) is 12.6 Å². The first-order valence-corrected chi connectivity index (χ1v) is 9.24. The molecule has 0 fully saturated rings. The number of hydrogen-bond donors (Lipinski definition) is 2. The van der Waals surface area contributed by atoms with Gasteiger partial charge in [-0.15, -0.1) is 0 Å². The Balaban J connectivity index is 1.88. The van der Waals surface area contributed by atoms with E-state index in [-0.39, 0.29) is 6.42 Å². The largest absolute Gasteiger partial charge is 0.480 e. The van der Waals surface area contributed by atoms with Crippen molar-refractivity contribution in [2.24, 2.45) is 0 Å². The minimum Gasteiger partial charge on any atom is -0.480 e. The molecule has 0 bridgehead atoms. The van der Waals surface area contributed by atoms with Gasteiger partial charge in [0.05, 0.1) is 0 Å². The molecule has 6 heteroatoms. The fourth-order valence-corrected chi connectivity index (χ4v) is 3.10. The number of carbonyl (C=O) groups is 3. The van der Waals surface area contributed by atoms with Gasteiger partial charge in [-0.05, 0) is 28.5 Å². The van der Waals surface area contributed by atoms with Gasteiger partial charge >= 0.3 is 11.9 Å². The van der Waals surface area contributed by atoms with E-state index in [1.807, 2.05) is 36.4 Å². The zero-order valence-electron chi connectivity index (χ0n) is 16.0. The van der Waals surface area contributed by atoms with Crippen LogP contribution in [0.1, 0.15) is 11.1 Å². The first kappa shape index (κ1) is 20.6. The average molecular weight is 401 g/mol. The van der Waals surface area contributed by atoms with Crippen LogP contribution in [0, 0.1) is 11.8 Å². The lowest BCUT2D eigenvalue weighted by Gasteiger charge is -2.25. The third-order valence-corrected chi connectivity index (χ3v) is 4.56. The van der Waals surface area contributed by atoms with Crippen LogP contribution in [0.2, 0.25) is 0 Å². The van der Waals surface area contributed by atoms with Gasteiger partial charge < -0.3 is 15.1 Å². The summed E-state index contributed by atoms with van der Waals surface area (Å²) in [6.45, 7) is -0.755. The van der Waals surface area contributed by atoms with Gasteiger partial charge in [-0.2, -0.15) is 0 Å². The van der Waals surface area contributed by atoms with E-state index in [2.05, 4.69) is 11.8 Å². The van der Waals surface area contributed by atoms with E-state index in [1.54, 1.807) is 36.4 Å². The molecule has 3 aromatic rings. The predicted octanol–water partition coefficient (Wildman–Crippen LogP) is 2.80. The molecule has 0 spiro atoms. The smallest absolute Gasteiger partial charge is 0.326 e. The summed E-state index contributed by atoms with van der Waals surface area (Å²) in [6, 6.07) is 20.5. The van der Waals surface area contributed by atoms with Crippen molar-refractivity contribution in [2.45, 2.75) is 12.5 Å². The van der Waals surface area contributed by atoms with E-state index in [0.29, 0.717) is 11.1 Å². The molecule has 0 aliphatic rings. The first-order chi connectivity index (χ1) is 14.4. The third-order valence-electron chi connectivity index (χ3n) is 4.56. The number of carboxylic acids is 2. The molecule has 0 aromatic heterocycles. The molecule has 30 heavy (non-hydrogen) atoms. The normalized spacial score (nSPS) is 11.2. The van der Waals surface area contributed by atoms with Crippen LogP contribution < -0.4 is 0 Å². The molecular formula is C24H19NO5. The van der Waals surface area contributed by atoms with E-state index in [9.17, 15) is 24.6 Å². The van der Waals surface area contributed by atoms with Crippen LogP contribution in [0.5, 0.6) is 0 Å². The van der Waals surface area contributed by atoms with Crippen molar-refractivity contribution in [1.82, 2.24) is 4.90 Å². The first-order valence-electron chi connectivity index (χ1n) is 9.24. The molecule has 0 saturated carbocycles. The quantitative estimate of drug-likeness (QED) is 0.620. The number of rotatable bonds is 6. The summed E-state index contributed by atoms with van der Waals surface area (Å²) in [4.78, 5) is 36.6. The second-order valence-electron chi connectivity index (χ2n) is 6.68. The number of amides is 1. The summed E-state index contributed by atoms with van der Waals surface area (Å²) in [5.74, 6) is 1.67. The number of aliphatic carboxylic acids is 2. The highest BCUT2D eigenvalue weighted by Crippen LogP contribution is 2.15. The van der Waals surface area contributed by atoms with Crippen LogP contribution in [-0.4, -0.2) is 45.5 Å². The molecule has 3 rings (SSSR count). The van der Waals surface area contributed by atoms with Gasteiger partial charge in [0.25, 0.3) is 5.91 Å². The lowest BCUT2D eigenvalue weighted by atomic mass is 10.0. The Kier molecular flexibility index (Phi) is 6.46. The second kappa shape index (κ2) is 9.39. The number of carbonyl (C=O) groups excluding carboxylic acids is 1. The monoisotopic (exact) mass is 401 g/mol. The Morgan fingerprint density at radius 1 is 0.867 bits per heavy atom. The molecule has 2 N–H and O–H groups in total. The standard InChI is InChI=1S/C24H19NO5/c26-22(13-11-18-10-12-19-8-4-5-9-20(19)14-18)25(16-23(27)28)21(24(29)30)15-17-6-2-1-3-7-17/h1-10,12,14,21H,15-16H2,(H,27,28)(H,29,30). The second-order valence-corrected chi connectivity index (χ2v) is 6.68. The van der Waals surface area contributed by atoms with Gasteiger partial charge in [0.15, 0.2) is 0 Å². The highest BCUT2D eigenvalue weighted by molar-refractivity contribution is 5.98. The third kappa shape index (κ3) is 5.24. The topological polar surface area (TPSA) is 94.9 Å². The van der Waals surface area contributed by atoms with Crippen LogP contribution in [0.4, 0.5) is 0 Å². The molecular weight excluding hydrogens is 382 g/mol. The lowest BCUT2D eigenvalue weighted by Crippen LogP contribution is -2.48. The molecule has 1 atom stereocenters. The van der Waals surface area contributed by atoms with Gasteiger partial charge in [-0.1, -0.05) is 66.6 Å². The zero-order valence-corrected chi connectivity index (χ0v) is 16.0. The van der Waals surface area contributed by atoms with E-state index in [4.69, 9.17) is 0 Å². The lowest BCUT2D eigenvalue weighted by molar-refractivity contribution is -0.152. The van der Waals surface area contributed by atoms with E-state index in [0.717, 1.165) is 15.7 Å². The molecule has 0 aliphatic heterocycles. The van der Waals surface area contributed by atoms with Gasteiger partial charge in [0.2, 0.25) is 0 Å². The molecule has 150 valence electrons. The highest BCUT2D eigenvalue weighted by Gasteiger charge is 2.30. The number of benzene rings is 3. The molecule has 0 heterocycles. The van der Waals surface area contributed by atoms with Crippen molar-refractivity contribution in [3.8, 4) is 11.8 Å². The summed E-state index contributed by atoms with van der Waals surface area (Å²) >= 11 is 0. The van der Waals surface area contributed by atoms with Crippen LogP contribution in [0.25, 0.3) is 10.8 Å². The summed E-state index contributed by atoms with van der Waals surface area (Å²) < 4.78 is 0. The number of fused-ring (bicyclic) bond motifs is 1. The van der Waals surface area contributed by atoms with Crippen molar-refractivity contribution in [3.05, 3.63) is 83.9 Å². The summed E-state index contributed by atoms with van der Waals surface area (Å²) in [5, 5.41) is 20.8. The Bertz CT molecular complexity index is 1140. The van der Waals surface area contributed by atoms with Crippen LogP contribution in [0.15, 0.2) is 72.8 Å². The number of hydrogen-bond acceptors (Lipinski definition) is 3. The number of carboxylic acid groups (broad SMARTS) is 2. The van der Waals surface area contributed by atoms with Crippen molar-refractivity contribution in [2.75, 3.05) is 6.54 Å². The average Bonchev–Trinajstić information content (AvgIpc) is 2.74. The maximum atomic E-state index is 12.7. The van der Waals surface area contributed by atoms with Gasteiger partial charge in [-0.3, -0.25) is 9.59 Å². The van der Waals surface area contributed by atoms with Crippen molar-refractivity contribution < 1.29 is 24.6 Å². The molecule has 0 radical (unpaired) electrons. The molecule has 0 aliphatic carbocycles. The fraction of sp³-hybridized carbons (Fsp3) is 0.125. The van der Waals surface area contributed by atoms with Gasteiger partial charge in [0, 0.05) is 17.9 Å². The minimum absolute atomic E-state index is 0.0210. The maximum Gasteiger partial charge on any atom is 0.326 e. The highest BCUT2D eigenvalue weighted by atomic mass is 16.4. The van der Waals surface area contributed by atoms with Crippen molar-refractivity contribution >= 4 is 28.6 Å². The summed E-state index contributed by atoms with van der Waals surface area (Å²) in [5.41, 5.74) is 1.25. The van der Waals surface area contributed by atoms with E-state index in [1.165, 1.54) is 0 Å². The SMILES string of the molecule is O=C(O)CN(C(=O)C#Cc1ccc2ccccc2c1)C(Cc1ccccc1)C(=O)O. The zero-order chi connectivity index (χ0) is 21.5. The van der Waals surface area contributed by atoms with E-state index >= 15 is 0 Å².